The fourth-order valence-electron chi connectivity index (χ4n) is 1.86. The van der Waals surface area contributed by atoms with Gasteiger partial charge in [-0.15, -0.1) is 0 Å². The molecule has 1 atom stereocenters. The van der Waals surface area contributed by atoms with Gasteiger partial charge in [-0.1, -0.05) is 11.7 Å². The number of methoxy groups -OCH3 is 1. The lowest BCUT2D eigenvalue weighted by Gasteiger charge is -2.11. The normalized spacial score (nSPS) is 11.7. The van der Waals surface area contributed by atoms with Crippen LogP contribution in [0.2, 0.25) is 0 Å². The number of azide groups is 1. The molecule has 0 fully saturated rings. The summed E-state index contributed by atoms with van der Waals surface area (Å²) in [5, 5.41) is 3.44. The van der Waals surface area contributed by atoms with E-state index in [1.54, 1.807) is 6.92 Å². The second-order valence-corrected chi connectivity index (χ2v) is 5.96. The van der Waals surface area contributed by atoms with E-state index < -0.39 is 12.2 Å². The molecule has 0 amide bonds. The van der Waals surface area contributed by atoms with Crippen molar-refractivity contribution in [3.8, 4) is 0 Å². The summed E-state index contributed by atoms with van der Waals surface area (Å²) < 4.78 is 41.8. The van der Waals surface area contributed by atoms with Crippen molar-refractivity contribution >= 4 is 5.97 Å². The van der Waals surface area contributed by atoms with Gasteiger partial charge in [0, 0.05) is 17.6 Å². The Morgan fingerprint density at radius 1 is 0.839 bits per heavy atom. The molecule has 0 aromatic carbocycles. The number of ether oxygens (including phenoxy) is 8. The summed E-state index contributed by atoms with van der Waals surface area (Å²) in [4.78, 5) is 13.8. The van der Waals surface area contributed by atoms with E-state index in [1.807, 2.05) is 0 Å². The molecule has 12 heteroatoms. The Bertz CT molecular complexity index is 502. The minimum absolute atomic E-state index is 0.194. The van der Waals surface area contributed by atoms with E-state index in [4.69, 9.17) is 43.4 Å². The summed E-state index contributed by atoms with van der Waals surface area (Å²) in [5.41, 5.74) is 8.75. The molecular formula is C19H35N3O9. The van der Waals surface area contributed by atoms with E-state index in [0.717, 1.165) is 0 Å². The molecule has 12 nitrogen and oxygen atoms in total. The first kappa shape index (κ1) is 29.2. The maximum Gasteiger partial charge on any atom is 0.333 e. The van der Waals surface area contributed by atoms with Gasteiger partial charge in [0.1, 0.15) is 6.61 Å². The molecule has 0 aliphatic rings. The van der Waals surface area contributed by atoms with Crippen LogP contribution in [0.5, 0.6) is 0 Å². The zero-order chi connectivity index (χ0) is 23.0. The highest BCUT2D eigenvalue weighted by Gasteiger charge is 2.05. The minimum Gasteiger partial charge on any atom is -0.460 e. The largest absolute Gasteiger partial charge is 0.460 e. The zero-order valence-electron chi connectivity index (χ0n) is 18.5. The lowest BCUT2D eigenvalue weighted by atomic mass is 10.4. The van der Waals surface area contributed by atoms with Crippen LogP contribution in [0, 0.1) is 0 Å². The first-order valence-electron chi connectivity index (χ1n) is 9.97. The van der Waals surface area contributed by atoms with Gasteiger partial charge in [0.25, 0.3) is 0 Å². The molecule has 0 aliphatic carbocycles. The monoisotopic (exact) mass is 449 g/mol. The first-order chi connectivity index (χ1) is 15.1. The molecule has 0 saturated carbocycles. The Kier molecular flexibility index (Phi) is 21.6. The molecular weight excluding hydrogens is 414 g/mol. The zero-order valence-corrected chi connectivity index (χ0v) is 18.5. The molecule has 31 heavy (non-hydrogen) atoms. The number of nitrogens with zero attached hydrogens (tertiary/aromatic N) is 3. The summed E-state index contributed by atoms with van der Waals surface area (Å²) in [6.07, 6.45) is -0.651. The lowest BCUT2D eigenvalue weighted by Crippen LogP contribution is -2.19. The third-order valence-electron chi connectivity index (χ3n) is 3.32. The van der Waals surface area contributed by atoms with Crippen LogP contribution in [0.15, 0.2) is 17.3 Å². The Morgan fingerprint density at radius 3 is 1.65 bits per heavy atom. The molecule has 0 N–H and O–H groups in total. The van der Waals surface area contributed by atoms with Gasteiger partial charge in [-0.05, 0) is 12.5 Å². The summed E-state index contributed by atoms with van der Waals surface area (Å²) in [6, 6.07) is 0. The predicted octanol–water partition coefficient (Wildman–Crippen LogP) is 1.49. The van der Waals surface area contributed by atoms with Gasteiger partial charge in [-0.25, -0.2) is 4.79 Å². The first-order valence-corrected chi connectivity index (χ1v) is 9.97. The van der Waals surface area contributed by atoms with Crippen molar-refractivity contribution in [2.24, 2.45) is 5.11 Å². The molecule has 180 valence electrons. The Balaban J connectivity index is 3.21. The average Bonchev–Trinajstić information content (AvgIpc) is 2.75. The van der Waals surface area contributed by atoms with E-state index in [1.165, 1.54) is 7.11 Å². The molecule has 0 rings (SSSR count). The van der Waals surface area contributed by atoms with E-state index in [-0.39, 0.29) is 13.2 Å². The van der Waals surface area contributed by atoms with Crippen molar-refractivity contribution < 1.29 is 42.7 Å². The standard InChI is InChI=1S/C19H35N3O9/c1-17(2)19(23)31-15-13-29-11-9-27-7-5-25-4-6-26-8-10-28-12-14-30-18(16-24-3)21-22-20/h18H,1,4-16H2,2-3H3. The van der Waals surface area contributed by atoms with Crippen LogP contribution in [0.4, 0.5) is 0 Å². The summed E-state index contributed by atoms with van der Waals surface area (Å²) in [5.74, 6) is -0.418. The second kappa shape index (κ2) is 22.9. The van der Waals surface area contributed by atoms with Gasteiger partial charge in [0.2, 0.25) is 0 Å². The summed E-state index contributed by atoms with van der Waals surface area (Å²) >= 11 is 0. The van der Waals surface area contributed by atoms with E-state index in [2.05, 4.69) is 16.6 Å². The van der Waals surface area contributed by atoms with Gasteiger partial charge in [-0.2, -0.15) is 0 Å². The van der Waals surface area contributed by atoms with Crippen molar-refractivity contribution in [2.75, 3.05) is 93.0 Å². The molecule has 0 aromatic rings. The number of carbonyl (C=O) groups is 1. The minimum atomic E-state index is -0.651. The van der Waals surface area contributed by atoms with E-state index in [9.17, 15) is 4.79 Å². The lowest BCUT2D eigenvalue weighted by molar-refractivity contribution is -0.140. The SMILES string of the molecule is C=C(C)C(=O)OCCOCCOCCOCCOCCOCCOC(COC)N=[N+]=[N-]. The third kappa shape index (κ3) is 21.3. The number of esters is 1. The van der Waals surface area contributed by atoms with Gasteiger partial charge in [-0.3, -0.25) is 0 Å². The fraction of sp³-hybridized carbons (Fsp3) is 0.842. The quantitative estimate of drug-likeness (QED) is 0.0566. The van der Waals surface area contributed by atoms with Crippen LogP contribution in [0.25, 0.3) is 10.4 Å². The summed E-state index contributed by atoms with van der Waals surface area (Å²) in [7, 11) is 1.50. The second-order valence-electron chi connectivity index (χ2n) is 5.96. The highest BCUT2D eigenvalue weighted by molar-refractivity contribution is 5.86. The fourth-order valence-corrected chi connectivity index (χ4v) is 1.86. The maximum atomic E-state index is 11.1. The Hall–Kier alpha value is -1.76. The van der Waals surface area contributed by atoms with Gasteiger partial charge >= 0.3 is 5.97 Å². The maximum absolute atomic E-state index is 11.1. The highest BCUT2D eigenvalue weighted by atomic mass is 16.6. The molecule has 0 radical (unpaired) electrons. The van der Waals surface area contributed by atoms with Gasteiger partial charge < -0.3 is 37.9 Å². The molecule has 0 aromatic heterocycles. The Morgan fingerprint density at radius 2 is 1.26 bits per heavy atom. The number of carbonyl (C=O) groups excluding carboxylic acids is 1. The van der Waals surface area contributed by atoms with Crippen LogP contribution >= 0.6 is 0 Å². The third-order valence-corrected chi connectivity index (χ3v) is 3.32. The predicted molar refractivity (Wildman–Crippen MR) is 111 cm³/mol. The molecule has 0 bridgehead atoms. The van der Waals surface area contributed by atoms with Gasteiger partial charge in [0.05, 0.1) is 79.3 Å². The Labute approximate surface area is 183 Å². The number of rotatable bonds is 23. The van der Waals surface area contributed by atoms with Crippen molar-refractivity contribution in [2.45, 2.75) is 13.2 Å². The van der Waals surface area contributed by atoms with E-state index in [0.29, 0.717) is 78.2 Å². The van der Waals surface area contributed by atoms with Crippen LogP contribution in [-0.2, 0) is 42.7 Å². The topological polar surface area (TPSA) is 140 Å². The van der Waals surface area contributed by atoms with Crippen molar-refractivity contribution in [3.05, 3.63) is 22.6 Å². The number of hydrogen-bond donors (Lipinski definition) is 0. The van der Waals surface area contributed by atoms with E-state index >= 15 is 0 Å². The van der Waals surface area contributed by atoms with Crippen molar-refractivity contribution in [1.82, 2.24) is 0 Å². The summed E-state index contributed by atoms with van der Waals surface area (Å²) in [6.45, 7) is 9.99. The van der Waals surface area contributed by atoms with Crippen molar-refractivity contribution in [1.29, 1.82) is 0 Å². The molecule has 1 unspecified atom stereocenters. The van der Waals surface area contributed by atoms with Crippen LogP contribution < -0.4 is 0 Å². The molecule has 0 saturated heterocycles. The average molecular weight is 450 g/mol. The number of hydrogen-bond acceptors (Lipinski definition) is 10. The molecule has 0 spiro atoms. The van der Waals surface area contributed by atoms with Gasteiger partial charge in [0.15, 0.2) is 6.23 Å². The van der Waals surface area contributed by atoms with Crippen molar-refractivity contribution in [3.63, 3.8) is 0 Å². The smallest absolute Gasteiger partial charge is 0.333 e. The highest BCUT2D eigenvalue weighted by Crippen LogP contribution is 1.96. The van der Waals surface area contributed by atoms with Crippen LogP contribution in [0.3, 0.4) is 0 Å². The molecule has 0 heterocycles. The molecule has 0 aliphatic heterocycles. The van der Waals surface area contributed by atoms with Crippen LogP contribution in [-0.4, -0.2) is 105 Å². The van der Waals surface area contributed by atoms with Crippen LogP contribution in [0.1, 0.15) is 6.92 Å².